The molecule has 1 aliphatic rings. The molecule has 0 saturated carbocycles. The van der Waals surface area contributed by atoms with Crippen molar-refractivity contribution in [3.8, 4) is 0 Å². The molecular formula is C22H23N5O3S. The maximum atomic E-state index is 12.5. The van der Waals surface area contributed by atoms with Crippen LogP contribution in [0.4, 0.5) is 11.6 Å². The van der Waals surface area contributed by atoms with Crippen LogP contribution < -0.4 is 9.62 Å². The number of rotatable bonds is 5. The number of aryl methyl sites for hydroxylation is 3. The van der Waals surface area contributed by atoms with Gasteiger partial charge in [0, 0.05) is 31.4 Å². The summed E-state index contributed by atoms with van der Waals surface area (Å²) in [7, 11) is -2.11. The number of anilines is 2. The largest absolute Gasteiger partial charge is 0.310 e. The second-order valence-electron chi connectivity index (χ2n) is 7.45. The molecule has 160 valence electrons. The minimum Gasteiger partial charge on any atom is -0.310 e. The second-order valence-corrected chi connectivity index (χ2v) is 9.13. The number of hydrogen-bond donors (Lipinski definition) is 1. The van der Waals surface area contributed by atoms with Crippen LogP contribution in [0.5, 0.6) is 0 Å². The van der Waals surface area contributed by atoms with Crippen LogP contribution >= 0.6 is 0 Å². The number of amides is 1. The molecule has 0 saturated heterocycles. The zero-order valence-corrected chi connectivity index (χ0v) is 18.3. The zero-order valence-electron chi connectivity index (χ0n) is 17.5. The van der Waals surface area contributed by atoms with Crippen LogP contribution in [-0.2, 0) is 28.3 Å². The highest BCUT2D eigenvalue weighted by atomic mass is 32.2. The lowest BCUT2D eigenvalue weighted by Gasteiger charge is -2.19. The molecule has 31 heavy (non-hydrogen) atoms. The number of sulfonamides is 1. The first kappa shape index (κ1) is 20.8. The number of fused-ring (bicyclic) bond motifs is 1. The summed E-state index contributed by atoms with van der Waals surface area (Å²) in [5.74, 6) is 0.946. The van der Waals surface area contributed by atoms with Gasteiger partial charge in [0.1, 0.15) is 11.6 Å². The average Bonchev–Trinajstić information content (AvgIpc) is 3.26. The fourth-order valence-corrected chi connectivity index (χ4v) is 4.64. The summed E-state index contributed by atoms with van der Waals surface area (Å²) in [4.78, 5) is 19.0. The number of carbonyl (C=O) groups excluding carboxylic acids is 1. The predicted molar refractivity (Wildman–Crippen MR) is 118 cm³/mol. The Kier molecular flexibility index (Phi) is 5.36. The number of hydrogen-bond acceptors (Lipinski definition) is 6. The van der Waals surface area contributed by atoms with Gasteiger partial charge in [-0.05, 0) is 50.1 Å². The number of nitrogens with one attached hydrogen (secondary N) is 1. The molecule has 1 aromatic carbocycles. The Morgan fingerprint density at radius 2 is 1.90 bits per heavy atom. The molecular weight excluding hydrogens is 414 g/mol. The molecule has 0 atom stereocenters. The van der Waals surface area contributed by atoms with Gasteiger partial charge in [0.05, 0.1) is 10.6 Å². The summed E-state index contributed by atoms with van der Waals surface area (Å²) in [6, 6.07) is 10.3. The van der Waals surface area contributed by atoms with Gasteiger partial charge in [-0.1, -0.05) is 23.8 Å². The lowest BCUT2D eigenvalue weighted by molar-refractivity contribution is -0.114. The molecule has 0 unspecified atom stereocenters. The number of nitrogens with zero attached hydrogens (tertiary/aromatic N) is 4. The van der Waals surface area contributed by atoms with E-state index in [1.807, 2.05) is 33.0 Å². The van der Waals surface area contributed by atoms with Crippen molar-refractivity contribution in [2.45, 2.75) is 25.2 Å². The lowest BCUT2D eigenvalue weighted by atomic mass is 10.2. The SMILES string of the molecule is Cc1ccc(S(=O)(=O)NC(=O)C=Cc2c(C)nn(C)c2N2CCc3cccnc32)cc1. The molecule has 0 aliphatic carbocycles. The van der Waals surface area contributed by atoms with Crippen LogP contribution in [0.25, 0.3) is 6.08 Å². The van der Waals surface area contributed by atoms with Gasteiger partial charge >= 0.3 is 0 Å². The monoisotopic (exact) mass is 437 g/mol. The van der Waals surface area contributed by atoms with Crippen LogP contribution in [0, 0.1) is 13.8 Å². The van der Waals surface area contributed by atoms with Crippen LogP contribution in [0.15, 0.2) is 53.6 Å². The minimum atomic E-state index is -3.94. The van der Waals surface area contributed by atoms with Crippen molar-refractivity contribution in [3.05, 3.63) is 71.1 Å². The average molecular weight is 438 g/mol. The first-order valence-electron chi connectivity index (χ1n) is 9.83. The molecule has 3 heterocycles. The fourth-order valence-electron chi connectivity index (χ4n) is 3.69. The van der Waals surface area contributed by atoms with E-state index in [0.717, 1.165) is 47.0 Å². The highest BCUT2D eigenvalue weighted by Crippen LogP contribution is 2.35. The van der Waals surface area contributed by atoms with Gasteiger partial charge < -0.3 is 4.90 Å². The van der Waals surface area contributed by atoms with E-state index in [1.165, 1.54) is 18.2 Å². The summed E-state index contributed by atoms with van der Waals surface area (Å²) in [5.41, 5.74) is 3.55. The van der Waals surface area contributed by atoms with Crippen LogP contribution in [0.3, 0.4) is 0 Å². The molecule has 2 aromatic heterocycles. The van der Waals surface area contributed by atoms with Crippen molar-refractivity contribution in [2.24, 2.45) is 7.05 Å². The molecule has 0 radical (unpaired) electrons. The number of carbonyl (C=O) groups is 1. The molecule has 9 heteroatoms. The minimum absolute atomic E-state index is 0.0397. The molecule has 0 bridgehead atoms. The summed E-state index contributed by atoms with van der Waals surface area (Å²) in [6.45, 7) is 4.46. The molecule has 1 aliphatic heterocycles. The van der Waals surface area contributed by atoms with Gasteiger partial charge in [0.25, 0.3) is 15.9 Å². The van der Waals surface area contributed by atoms with Gasteiger partial charge in [-0.2, -0.15) is 5.10 Å². The molecule has 4 rings (SSSR count). The smallest absolute Gasteiger partial charge is 0.264 e. The zero-order chi connectivity index (χ0) is 22.2. The molecule has 8 nitrogen and oxygen atoms in total. The van der Waals surface area contributed by atoms with Gasteiger partial charge in [-0.3, -0.25) is 9.48 Å². The molecule has 1 amide bonds. The van der Waals surface area contributed by atoms with Gasteiger partial charge in [-0.25, -0.2) is 18.1 Å². The Morgan fingerprint density at radius 3 is 2.65 bits per heavy atom. The summed E-state index contributed by atoms with van der Waals surface area (Å²) in [6.07, 6.45) is 5.43. The maximum Gasteiger partial charge on any atom is 0.264 e. The Bertz CT molecular complexity index is 1280. The highest BCUT2D eigenvalue weighted by molar-refractivity contribution is 7.90. The van der Waals surface area contributed by atoms with Gasteiger partial charge in [-0.15, -0.1) is 0 Å². The molecule has 0 spiro atoms. The van der Waals surface area contributed by atoms with E-state index < -0.39 is 15.9 Å². The normalized spacial score (nSPS) is 13.6. The highest BCUT2D eigenvalue weighted by Gasteiger charge is 2.27. The van der Waals surface area contributed by atoms with E-state index in [9.17, 15) is 13.2 Å². The van der Waals surface area contributed by atoms with Crippen LogP contribution in [0.2, 0.25) is 0 Å². The predicted octanol–water partition coefficient (Wildman–Crippen LogP) is 2.64. The Hall–Kier alpha value is -3.46. The Balaban J connectivity index is 1.59. The van der Waals surface area contributed by atoms with Crippen molar-refractivity contribution in [2.75, 3.05) is 11.4 Å². The van der Waals surface area contributed by atoms with E-state index >= 15 is 0 Å². The molecule has 0 fully saturated rings. The Morgan fingerprint density at radius 1 is 1.16 bits per heavy atom. The van der Waals surface area contributed by atoms with E-state index in [0.29, 0.717) is 0 Å². The van der Waals surface area contributed by atoms with Crippen molar-refractivity contribution in [3.63, 3.8) is 0 Å². The fraction of sp³-hybridized carbons (Fsp3) is 0.227. The van der Waals surface area contributed by atoms with E-state index in [2.05, 4.69) is 19.7 Å². The standard InChI is InChI=1S/C22H23N5O3S/c1-15-6-8-18(9-7-15)31(29,30)25-20(28)11-10-19-16(2)24-26(3)22(19)27-14-12-17-5-4-13-23-21(17)27/h4-11,13H,12,14H2,1-3H3,(H,25,28). The second kappa shape index (κ2) is 7.99. The number of aromatic nitrogens is 3. The number of benzene rings is 1. The van der Waals surface area contributed by atoms with Crippen molar-refractivity contribution in [1.29, 1.82) is 0 Å². The summed E-state index contributed by atoms with van der Waals surface area (Å²) in [5, 5.41) is 4.48. The first-order valence-corrected chi connectivity index (χ1v) is 11.3. The summed E-state index contributed by atoms with van der Waals surface area (Å²) < 4.78 is 28.7. The third kappa shape index (κ3) is 4.09. The quantitative estimate of drug-likeness (QED) is 0.617. The van der Waals surface area contributed by atoms with Crippen LogP contribution in [0.1, 0.15) is 22.4 Å². The maximum absolute atomic E-state index is 12.5. The summed E-state index contributed by atoms with van der Waals surface area (Å²) >= 11 is 0. The van der Waals surface area contributed by atoms with Gasteiger partial charge in [0.2, 0.25) is 0 Å². The first-order chi connectivity index (χ1) is 14.8. The molecule has 1 N–H and O–H groups in total. The van der Waals surface area contributed by atoms with E-state index in [-0.39, 0.29) is 4.90 Å². The van der Waals surface area contributed by atoms with E-state index in [4.69, 9.17) is 0 Å². The van der Waals surface area contributed by atoms with Crippen LogP contribution in [-0.4, -0.2) is 35.6 Å². The lowest BCUT2D eigenvalue weighted by Crippen LogP contribution is -2.29. The van der Waals surface area contributed by atoms with Crippen molar-refractivity contribution < 1.29 is 13.2 Å². The van der Waals surface area contributed by atoms with Gasteiger partial charge in [0.15, 0.2) is 0 Å². The molecule has 3 aromatic rings. The number of pyridine rings is 1. The van der Waals surface area contributed by atoms with Crippen molar-refractivity contribution >= 4 is 33.6 Å². The third-order valence-corrected chi connectivity index (χ3v) is 6.55. The topological polar surface area (TPSA) is 97.2 Å². The van der Waals surface area contributed by atoms with E-state index in [1.54, 1.807) is 29.1 Å². The Labute approximate surface area is 181 Å². The third-order valence-electron chi connectivity index (χ3n) is 5.19. The van der Waals surface area contributed by atoms with Crippen molar-refractivity contribution in [1.82, 2.24) is 19.5 Å².